The second-order valence-electron chi connectivity index (χ2n) is 14.1. The molecule has 3 aliphatic heterocycles. The minimum Gasteiger partial charge on any atom is -0.459 e. The Morgan fingerprint density at radius 1 is 1.19 bits per heavy atom. The predicted molar refractivity (Wildman–Crippen MR) is 164 cm³/mol. The third kappa shape index (κ3) is 7.58. The number of aromatic nitrogens is 1. The van der Waals surface area contributed by atoms with Gasteiger partial charge in [0.15, 0.2) is 0 Å². The fraction of sp³-hybridized carbons (Fsp3) is 0.657. The third-order valence-electron chi connectivity index (χ3n) is 9.48. The van der Waals surface area contributed by atoms with Gasteiger partial charge in [-0.3, -0.25) is 4.90 Å². The molecule has 4 aliphatic rings. The first kappa shape index (κ1) is 30.5. The molecule has 7 nitrogen and oxygen atoms in total. The molecule has 43 heavy (non-hydrogen) atoms. The van der Waals surface area contributed by atoms with Crippen molar-refractivity contribution >= 4 is 11.8 Å². The van der Waals surface area contributed by atoms with Crippen molar-refractivity contribution in [2.24, 2.45) is 5.41 Å². The number of carbonyl (C=O) groups is 1. The monoisotopic (exact) mass is 593 g/mol. The van der Waals surface area contributed by atoms with E-state index in [0.29, 0.717) is 30.7 Å². The van der Waals surface area contributed by atoms with Crippen molar-refractivity contribution < 1.29 is 23.4 Å². The minimum absolute atomic E-state index is 0.0219. The van der Waals surface area contributed by atoms with Crippen molar-refractivity contribution in [3.05, 3.63) is 58.5 Å². The van der Waals surface area contributed by atoms with Crippen LogP contribution in [0.5, 0.6) is 0 Å². The fourth-order valence-electron chi connectivity index (χ4n) is 6.88. The minimum atomic E-state index is -0.706. The molecule has 3 atom stereocenters. The van der Waals surface area contributed by atoms with Crippen molar-refractivity contribution in [1.29, 1.82) is 0 Å². The van der Waals surface area contributed by atoms with Gasteiger partial charge >= 0.3 is 5.97 Å². The maximum absolute atomic E-state index is 14.8. The number of unbranched alkanes of at least 4 members (excludes halogenated alkanes) is 1. The molecule has 3 fully saturated rings. The lowest BCUT2D eigenvalue weighted by Crippen LogP contribution is -2.38. The van der Waals surface area contributed by atoms with Crippen LogP contribution in [0.25, 0.3) is 0 Å². The highest BCUT2D eigenvalue weighted by atomic mass is 19.1. The molecule has 1 saturated carbocycles. The molecule has 2 saturated heterocycles. The molecule has 8 heteroatoms. The number of esters is 1. The highest BCUT2D eigenvalue weighted by Gasteiger charge is 2.47. The maximum Gasteiger partial charge on any atom is 0.328 e. The van der Waals surface area contributed by atoms with Crippen LogP contribution in [0.2, 0.25) is 0 Å². The summed E-state index contributed by atoms with van der Waals surface area (Å²) in [6, 6.07) is 8.48. The molecule has 1 aromatic heterocycles. The topological polar surface area (TPSA) is 72.9 Å². The molecule has 0 bridgehead atoms. The zero-order valence-corrected chi connectivity index (χ0v) is 26.1. The molecular weight excluding hydrogens is 545 g/mol. The summed E-state index contributed by atoms with van der Waals surface area (Å²) in [5.41, 5.74) is 3.72. The summed E-state index contributed by atoms with van der Waals surface area (Å²) in [7, 11) is 0. The number of rotatable bonds is 10. The number of likely N-dealkylation sites (tertiary alicyclic amines) is 1. The smallest absolute Gasteiger partial charge is 0.328 e. The number of nitrogens with zero attached hydrogens (tertiary/aromatic N) is 2. The second-order valence-corrected chi connectivity index (χ2v) is 14.1. The van der Waals surface area contributed by atoms with Gasteiger partial charge in [0.05, 0.1) is 18.8 Å². The van der Waals surface area contributed by atoms with E-state index < -0.39 is 11.6 Å². The first-order valence-electron chi connectivity index (χ1n) is 16.4. The largest absolute Gasteiger partial charge is 0.459 e. The third-order valence-corrected chi connectivity index (χ3v) is 9.48. The van der Waals surface area contributed by atoms with E-state index >= 15 is 0 Å². The molecule has 0 amide bonds. The summed E-state index contributed by atoms with van der Waals surface area (Å²) in [5.74, 6) is 0.355. The SMILES string of the molecule is CC(C)(C)OC(=O)C(c1cc(F)ccc1C1CCC2(CC2)CO1)N1CCC(OCCCCc2ccc3c(n2)NCCC3)C1. The van der Waals surface area contributed by atoms with Gasteiger partial charge < -0.3 is 19.5 Å². The van der Waals surface area contributed by atoms with E-state index in [-0.39, 0.29) is 24.0 Å². The van der Waals surface area contributed by atoms with Crippen molar-refractivity contribution in [2.75, 3.05) is 38.2 Å². The molecule has 3 unspecified atom stereocenters. The van der Waals surface area contributed by atoms with Crippen LogP contribution in [0.4, 0.5) is 10.2 Å². The lowest BCUT2D eigenvalue weighted by atomic mass is 9.88. The van der Waals surface area contributed by atoms with Crippen molar-refractivity contribution in [2.45, 2.75) is 109 Å². The Hall–Kier alpha value is -2.55. The Bertz CT molecular complexity index is 1280. The lowest BCUT2D eigenvalue weighted by Gasteiger charge is -2.34. The molecule has 1 aromatic carbocycles. The molecule has 1 N–H and O–H groups in total. The van der Waals surface area contributed by atoms with Gasteiger partial charge in [-0.15, -0.1) is 0 Å². The van der Waals surface area contributed by atoms with Crippen LogP contribution in [0, 0.1) is 11.2 Å². The summed E-state index contributed by atoms with van der Waals surface area (Å²) in [6.07, 6.45) is 10.3. The van der Waals surface area contributed by atoms with E-state index in [2.05, 4.69) is 22.3 Å². The van der Waals surface area contributed by atoms with Crippen molar-refractivity contribution in [3.8, 4) is 0 Å². The first-order valence-corrected chi connectivity index (χ1v) is 16.4. The van der Waals surface area contributed by atoms with Gasteiger partial charge in [0.2, 0.25) is 0 Å². The maximum atomic E-state index is 14.8. The number of pyridine rings is 1. The zero-order chi connectivity index (χ0) is 30.0. The van der Waals surface area contributed by atoms with E-state index in [1.807, 2.05) is 26.8 Å². The van der Waals surface area contributed by atoms with Crippen LogP contribution in [-0.2, 0) is 31.8 Å². The highest BCUT2D eigenvalue weighted by Crippen LogP contribution is 2.55. The van der Waals surface area contributed by atoms with Gasteiger partial charge in [-0.05, 0) is 125 Å². The molecule has 4 heterocycles. The van der Waals surface area contributed by atoms with E-state index in [9.17, 15) is 9.18 Å². The molecule has 1 spiro atoms. The summed E-state index contributed by atoms with van der Waals surface area (Å²) >= 11 is 0. The van der Waals surface area contributed by atoms with Gasteiger partial charge in [0.1, 0.15) is 23.3 Å². The number of nitrogens with one attached hydrogen (secondary N) is 1. The molecule has 1 aliphatic carbocycles. The normalized spacial score (nSPS) is 23.9. The second kappa shape index (κ2) is 12.8. The van der Waals surface area contributed by atoms with E-state index in [1.54, 1.807) is 0 Å². The molecule has 0 radical (unpaired) electrons. The predicted octanol–water partition coefficient (Wildman–Crippen LogP) is 6.71. The van der Waals surface area contributed by atoms with Gasteiger partial charge in [-0.1, -0.05) is 12.1 Å². The molecular formula is C35H48FN3O4. The van der Waals surface area contributed by atoms with E-state index in [1.165, 1.54) is 37.0 Å². The van der Waals surface area contributed by atoms with Crippen LogP contribution in [0.3, 0.4) is 0 Å². The van der Waals surface area contributed by atoms with Crippen LogP contribution >= 0.6 is 0 Å². The zero-order valence-electron chi connectivity index (χ0n) is 26.1. The number of ether oxygens (including phenoxy) is 3. The van der Waals surface area contributed by atoms with Crippen LogP contribution in [0.1, 0.15) is 107 Å². The Balaban J connectivity index is 1.08. The lowest BCUT2D eigenvalue weighted by molar-refractivity contribution is -0.161. The number of hydrogen-bond acceptors (Lipinski definition) is 7. The Labute approximate surface area is 255 Å². The van der Waals surface area contributed by atoms with Gasteiger partial charge in [0.25, 0.3) is 0 Å². The van der Waals surface area contributed by atoms with E-state index in [0.717, 1.165) is 75.2 Å². The Morgan fingerprint density at radius 3 is 2.81 bits per heavy atom. The van der Waals surface area contributed by atoms with E-state index in [4.69, 9.17) is 19.2 Å². The van der Waals surface area contributed by atoms with Gasteiger partial charge in [-0.25, -0.2) is 14.2 Å². The fourth-order valence-corrected chi connectivity index (χ4v) is 6.88. The van der Waals surface area contributed by atoms with Crippen LogP contribution in [-0.4, -0.2) is 60.4 Å². The number of halogens is 1. The summed E-state index contributed by atoms with van der Waals surface area (Å²) in [6.45, 7) is 9.32. The van der Waals surface area contributed by atoms with Gasteiger partial charge in [-0.2, -0.15) is 0 Å². The number of aryl methyl sites for hydroxylation is 2. The Kier molecular flexibility index (Phi) is 9.09. The Morgan fingerprint density at radius 2 is 2.05 bits per heavy atom. The number of benzene rings is 1. The molecule has 6 rings (SSSR count). The quantitative estimate of drug-likeness (QED) is 0.243. The number of fused-ring (bicyclic) bond motifs is 1. The standard InChI is InChI=1S/C35H48FN3O4/c1-34(2,3)43-33(40)31(29-21-25(36)10-12-28(29)30-13-15-35(16-17-35)23-42-30)39-19-14-27(22-39)41-20-5-4-8-26-11-9-24-7-6-18-37-32(24)38-26/h9-12,21,27,30-31H,4-8,13-20,22-23H2,1-3H3,(H,37,38). The highest BCUT2D eigenvalue weighted by molar-refractivity contribution is 5.79. The number of hydrogen-bond donors (Lipinski definition) is 1. The van der Waals surface area contributed by atoms with Gasteiger partial charge in [0, 0.05) is 31.9 Å². The van der Waals surface area contributed by atoms with Crippen molar-refractivity contribution in [3.63, 3.8) is 0 Å². The molecule has 2 aromatic rings. The summed E-state index contributed by atoms with van der Waals surface area (Å²) < 4.78 is 33.3. The molecule has 234 valence electrons. The number of anilines is 1. The van der Waals surface area contributed by atoms with Crippen LogP contribution in [0.15, 0.2) is 30.3 Å². The first-order chi connectivity index (χ1) is 20.7. The average molecular weight is 594 g/mol. The average Bonchev–Trinajstić information content (AvgIpc) is 3.57. The summed E-state index contributed by atoms with van der Waals surface area (Å²) in [5, 5.41) is 3.42. The van der Waals surface area contributed by atoms with Crippen molar-refractivity contribution in [1.82, 2.24) is 9.88 Å². The van der Waals surface area contributed by atoms with Crippen LogP contribution < -0.4 is 5.32 Å². The number of carbonyl (C=O) groups excluding carboxylic acids is 1. The summed E-state index contributed by atoms with van der Waals surface area (Å²) in [4.78, 5) is 20.7.